The lowest BCUT2D eigenvalue weighted by atomic mass is 10.2. The number of likely N-dealkylation sites (tertiary alicyclic amines) is 1. The van der Waals surface area contributed by atoms with Crippen LogP contribution in [0.4, 0.5) is 5.88 Å². The topological polar surface area (TPSA) is 103 Å². The van der Waals surface area contributed by atoms with Gasteiger partial charge in [0.2, 0.25) is 0 Å². The second kappa shape index (κ2) is 5.09. The number of nitro groups is 1. The van der Waals surface area contributed by atoms with Gasteiger partial charge >= 0.3 is 11.9 Å². The molecule has 2 rings (SSSR count). The lowest BCUT2D eigenvalue weighted by molar-refractivity contribution is -0.402. The van der Waals surface area contributed by atoms with Crippen LogP contribution in [0.15, 0.2) is 16.5 Å². The van der Waals surface area contributed by atoms with Crippen molar-refractivity contribution in [1.29, 1.82) is 0 Å². The summed E-state index contributed by atoms with van der Waals surface area (Å²) in [5, 5.41) is 10.5. The third-order valence-corrected chi connectivity index (χ3v) is 2.97. The summed E-state index contributed by atoms with van der Waals surface area (Å²) in [4.78, 5) is 34.7. The van der Waals surface area contributed by atoms with E-state index in [1.54, 1.807) is 0 Å². The fraction of sp³-hybridized carbons (Fsp3) is 0.455. The summed E-state index contributed by atoms with van der Waals surface area (Å²) in [5.41, 5.74) is 0. The smallest absolute Gasteiger partial charge is 0.433 e. The molecule has 0 N–H and O–H groups in total. The van der Waals surface area contributed by atoms with Crippen LogP contribution >= 0.6 is 0 Å². The van der Waals surface area contributed by atoms with Crippen LogP contribution in [0, 0.1) is 10.1 Å². The van der Waals surface area contributed by atoms with Gasteiger partial charge in [-0.3, -0.25) is 14.9 Å². The molecule has 1 aliphatic heterocycles. The van der Waals surface area contributed by atoms with Gasteiger partial charge in [0, 0.05) is 6.54 Å². The van der Waals surface area contributed by atoms with E-state index in [1.807, 2.05) is 0 Å². The van der Waals surface area contributed by atoms with Crippen LogP contribution in [-0.2, 0) is 9.53 Å². The maximum absolute atomic E-state index is 12.1. The molecule has 19 heavy (non-hydrogen) atoms. The standard InChI is InChI=1S/C11H12N2O6/c1-18-11(15)7-3-2-6-12(7)10(14)8-4-5-9(19-8)13(16)17/h4-5,7H,2-3,6H2,1H3/t7-/m1/s1. The van der Waals surface area contributed by atoms with E-state index in [0.717, 1.165) is 6.07 Å². The number of amides is 1. The summed E-state index contributed by atoms with van der Waals surface area (Å²) < 4.78 is 9.46. The number of esters is 1. The minimum absolute atomic E-state index is 0.150. The van der Waals surface area contributed by atoms with Crippen molar-refractivity contribution in [2.24, 2.45) is 0 Å². The Morgan fingerprint density at radius 1 is 1.53 bits per heavy atom. The van der Waals surface area contributed by atoms with Crippen LogP contribution in [0.5, 0.6) is 0 Å². The van der Waals surface area contributed by atoms with Gasteiger partial charge in [0.15, 0.2) is 5.76 Å². The first kappa shape index (κ1) is 13.1. The number of ether oxygens (including phenoxy) is 1. The van der Waals surface area contributed by atoms with Crippen molar-refractivity contribution in [3.8, 4) is 0 Å². The van der Waals surface area contributed by atoms with Gasteiger partial charge in [-0.15, -0.1) is 0 Å². The van der Waals surface area contributed by atoms with E-state index in [9.17, 15) is 19.7 Å². The number of carbonyl (C=O) groups excluding carboxylic acids is 2. The van der Waals surface area contributed by atoms with Crippen molar-refractivity contribution in [2.75, 3.05) is 13.7 Å². The first-order valence-electron chi connectivity index (χ1n) is 5.67. The van der Waals surface area contributed by atoms with Crippen LogP contribution in [0.1, 0.15) is 23.4 Å². The summed E-state index contributed by atoms with van der Waals surface area (Å²) in [6.07, 6.45) is 1.19. The Kier molecular flexibility index (Phi) is 3.50. The number of hydrogen-bond acceptors (Lipinski definition) is 6. The monoisotopic (exact) mass is 268 g/mol. The second-order valence-electron chi connectivity index (χ2n) is 4.07. The molecule has 1 aliphatic rings. The number of rotatable bonds is 3. The molecule has 0 aromatic carbocycles. The maximum atomic E-state index is 12.1. The van der Waals surface area contributed by atoms with E-state index < -0.39 is 28.7 Å². The van der Waals surface area contributed by atoms with Gasteiger partial charge in [0.1, 0.15) is 11.0 Å². The molecule has 1 fully saturated rings. The molecule has 1 saturated heterocycles. The predicted octanol–water partition coefficient (Wildman–Crippen LogP) is 0.965. The lowest BCUT2D eigenvalue weighted by Gasteiger charge is -2.21. The molecular weight excluding hydrogens is 256 g/mol. The number of methoxy groups -OCH3 is 1. The van der Waals surface area contributed by atoms with Crippen LogP contribution in [-0.4, -0.2) is 41.4 Å². The van der Waals surface area contributed by atoms with Gasteiger partial charge in [-0.1, -0.05) is 0 Å². The van der Waals surface area contributed by atoms with Gasteiger partial charge in [-0.2, -0.15) is 0 Å². The average Bonchev–Trinajstić information content (AvgIpc) is 3.05. The first-order valence-corrected chi connectivity index (χ1v) is 5.67. The number of hydrogen-bond donors (Lipinski definition) is 0. The van der Waals surface area contributed by atoms with Gasteiger partial charge in [-0.05, 0) is 18.9 Å². The van der Waals surface area contributed by atoms with E-state index >= 15 is 0 Å². The highest BCUT2D eigenvalue weighted by Gasteiger charge is 2.36. The highest BCUT2D eigenvalue weighted by molar-refractivity contribution is 5.95. The Hall–Kier alpha value is -2.38. The Morgan fingerprint density at radius 3 is 2.84 bits per heavy atom. The molecule has 1 aromatic rings. The summed E-state index contributed by atoms with van der Waals surface area (Å²) in [7, 11) is 1.25. The Morgan fingerprint density at radius 2 is 2.26 bits per heavy atom. The molecule has 0 aliphatic carbocycles. The minimum Gasteiger partial charge on any atom is -0.467 e. The molecular formula is C11H12N2O6. The molecule has 8 nitrogen and oxygen atoms in total. The third kappa shape index (κ3) is 2.42. The molecule has 0 saturated carbocycles. The van der Waals surface area contributed by atoms with Crippen LogP contribution < -0.4 is 0 Å². The van der Waals surface area contributed by atoms with Gasteiger partial charge in [-0.25, -0.2) is 4.79 Å². The third-order valence-electron chi connectivity index (χ3n) is 2.97. The summed E-state index contributed by atoms with van der Waals surface area (Å²) >= 11 is 0. The SMILES string of the molecule is COC(=O)[C@H]1CCCN1C(=O)c1ccc([N+](=O)[O-])o1. The Labute approximate surface area is 108 Å². The maximum Gasteiger partial charge on any atom is 0.433 e. The van der Waals surface area contributed by atoms with Gasteiger partial charge in [0.25, 0.3) is 5.91 Å². The number of carbonyl (C=O) groups is 2. The normalized spacial score (nSPS) is 18.4. The molecule has 8 heteroatoms. The largest absolute Gasteiger partial charge is 0.467 e. The molecule has 0 unspecified atom stereocenters. The van der Waals surface area contributed by atoms with Crippen molar-refractivity contribution >= 4 is 17.8 Å². The highest BCUT2D eigenvalue weighted by atomic mass is 16.6. The van der Waals surface area contributed by atoms with Crippen molar-refractivity contribution < 1.29 is 23.7 Å². The van der Waals surface area contributed by atoms with E-state index in [1.165, 1.54) is 18.1 Å². The van der Waals surface area contributed by atoms with E-state index in [4.69, 9.17) is 4.42 Å². The summed E-state index contributed by atoms with van der Waals surface area (Å²) in [5.74, 6) is -1.69. The van der Waals surface area contributed by atoms with Crippen molar-refractivity contribution in [3.05, 3.63) is 28.0 Å². The summed E-state index contributed by atoms with van der Waals surface area (Å²) in [6, 6.07) is 1.69. The minimum atomic E-state index is -0.724. The molecule has 0 bridgehead atoms. The highest BCUT2D eigenvalue weighted by Crippen LogP contribution is 2.23. The molecule has 102 valence electrons. The second-order valence-corrected chi connectivity index (χ2v) is 4.07. The van der Waals surface area contributed by atoms with Crippen molar-refractivity contribution in [3.63, 3.8) is 0 Å². The Bertz CT molecular complexity index is 523. The van der Waals surface area contributed by atoms with Crippen LogP contribution in [0.25, 0.3) is 0 Å². The fourth-order valence-corrected chi connectivity index (χ4v) is 2.07. The van der Waals surface area contributed by atoms with Gasteiger partial charge < -0.3 is 14.1 Å². The zero-order chi connectivity index (χ0) is 14.0. The zero-order valence-corrected chi connectivity index (χ0v) is 10.2. The lowest BCUT2D eigenvalue weighted by Crippen LogP contribution is -2.40. The fourth-order valence-electron chi connectivity index (χ4n) is 2.07. The van der Waals surface area contributed by atoms with Crippen molar-refractivity contribution in [2.45, 2.75) is 18.9 Å². The molecule has 0 radical (unpaired) electrons. The number of furan rings is 1. The molecule has 1 atom stereocenters. The van der Waals surface area contributed by atoms with Gasteiger partial charge in [0.05, 0.1) is 13.2 Å². The Balaban J connectivity index is 2.18. The van der Waals surface area contributed by atoms with Crippen LogP contribution in [0.3, 0.4) is 0 Å². The molecule has 1 amide bonds. The zero-order valence-electron chi connectivity index (χ0n) is 10.2. The van der Waals surface area contributed by atoms with E-state index in [2.05, 4.69) is 4.74 Å². The van der Waals surface area contributed by atoms with E-state index in [-0.39, 0.29) is 5.76 Å². The molecule has 1 aromatic heterocycles. The summed E-state index contributed by atoms with van der Waals surface area (Å²) in [6.45, 7) is 0.396. The molecule has 0 spiro atoms. The number of nitrogens with zero attached hydrogens (tertiary/aromatic N) is 2. The van der Waals surface area contributed by atoms with E-state index in [0.29, 0.717) is 19.4 Å². The van der Waals surface area contributed by atoms with Crippen LogP contribution in [0.2, 0.25) is 0 Å². The molecule has 2 heterocycles. The first-order chi connectivity index (χ1) is 9.04. The quantitative estimate of drug-likeness (QED) is 0.459. The van der Waals surface area contributed by atoms with Crippen molar-refractivity contribution in [1.82, 2.24) is 4.90 Å². The predicted molar refractivity (Wildman–Crippen MR) is 61.4 cm³/mol. The average molecular weight is 268 g/mol.